The van der Waals surface area contributed by atoms with Crippen LogP contribution >= 0.6 is 12.2 Å². The standard InChI is InChI=1S/C14H18N2O3S2/c15-14(20)10-4-1-2-7-13(10)21(17,18)16-8-9-19-12-6-3-5-11(12)16/h1-2,4,7,11-12H,3,5-6,8-9H2,(H2,15,20). The number of benzene rings is 1. The lowest BCUT2D eigenvalue weighted by Gasteiger charge is -2.36. The quantitative estimate of drug-likeness (QED) is 0.847. The van der Waals surface area contributed by atoms with Gasteiger partial charge < -0.3 is 10.5 Å². The van der Waals surface area contributed by atoms with E-state index in [0.29, 0.717) is 18.7 Å². The highest BCUT2D eigenvalue weighted by Crippen LogP contribution is 2.34. The largest absolute Gasteiger partial charge is 0.389 e. The van der Waals surface area contributed by atoms with E-state index in [1.807, 2.05) is 0 Å². The Bertz CT molecular complexity index is 660. The lowest BCUT2D eigenvalue weighted by Crippen LogP contribution is -2.51. The number of morpholine rings is 1. The van der Waals surface area contributed by atoms with Gasteiger partial charge in [-0.1, -0.05) is 30.4 Å². The van der Waals surface area contributed by atoms with Crippen LogP contribution in [0.15, 0.2) is 29.2 Å². The van der Waals surface area contributed by atoms with Crippen LogP contribution in [0.5, 0.6) is 0 Å². The van der Waals surface area contributed by atoms with Crippen LogP contribution in [0, 0.1) is 0 Å². The van der Waals surface area contributed by atoms with E-state index < -0.39 is 10.0 Å². The maximum atomic E-state index is 13.0. The number of hydrogen-bond acceptors (Lipinski definition) is 4. The number of rotatable bonds is 3. The molecule has 3 rings (SSSR count). The zero-order valence-corrected chi connectivity index (χ0v) is 13.2. The van der Waals surface area contributed by atoms with E-state index >= 15 is 0 Å². The molecule has 2 atom stereocenters. The number of nitrogens with zero attached hydrogens (tertiary/aromatic N) is 1. The average molecular weight is 326 g/mol. The number of nitrogens with two attached hydrogens (primary N) is 1. The van der Waals surface area contributed by atoms with Crippen LogP contribution in [0.3, 0.4) is 0 Å². The Morgan fingerprint density at radius 1 is 1.33 bits per heavy atom. The van der Waals surface area contributed by atoms with Gasteiger partial charge in [0.15, 0.2) is 0 Å². The minimum absolute atomic E-state index is 0.0190. The first-order chi connectivity index (χ1) is 10.0. The van der Waals surface area contributed by atoms with Crippen LogP contribution < -0.4 is 5.73 Å². The van der Waals surface area contributed by atoms with Crippen molar-refractivity contribution in [1.82, 2.24) is 4.31 Å². The summed E-state index contributed by atoms with van der Waals surface area (Å²) in [4.78, 5) is 0.301. The monoisotopic (exact) mass is 326 g/mol. The molecule has 114 valence electrons. The third kappa shape index (κ3) is 2.59. The van der Waals surface area contributed by atoms with E-state index in [4.69, 9.17) is 22.7 Å². The lowest BCUT2D eigenvalue weighted by atomic mass is 10.2. The molecule has 2 fully saturated rings. The second kappa shape index (κ2) is 5.64. The highest BCUT2D eigenvalue weighted by Gasteiger charge is 2.42. The van der Waals surface area contributed by atoms with E-state index in [0.717, 1.165) is 19.3 Å². The second-order valence-electron chi connectivity index (χ2n) is 5.38. The molecule has 5 nitrogen and oxygen atoms in total. The maximum Gasteiger partial charge on any atom is 0.244 e. The van der Waals surface area contributed by atoms with Crippen molar-refractivity contribution in [2.24, 2.45) is 5.73 Å². The first-order valence-electron chi connectivity index (χ1n) is 7.04. The predicted molar refractivity (Wildman–Crippen MR) is 83.6 cm³/mol. The van der Waals surface area contributed by atoms with Gasteiger partial charge in [-0.3, -0.25) is 0 Å². The van der Waals surface area contributed by atoms with Crippen molar-refractivity contribution in [3.8, 4) is 0 Å². The van der Waals surface area contributed by atoms with Crippen molar-refractivity contribution in [3.05, 3.63) is 29.8 Å². The summed E-state index contributed by atoms with van der Waals surface area (Å²) in [5, 5.41) is 0. The van der Waals surface area contributed by atoms with Crippen molar-refractivity contribution in [3.63, 3.8) is 0 Å². The molecule has 1 saturated heterocycles. The average Bonchev–Trinajstić information content (AvgIpc) is 2.95. The number of thiocarbonyl (C=S) groups is 1. The fourth-order valence-electron chi connectivity index (χ4n) is 3.21. The van der Waals surface area contributed by atoms with E-state index in [1.54, 1.807) is 28.6 Å². The van der Waals surface area contributed by atoms with Crippen molar-refractivity contribution in [1.29, 1.82) is 0 Å². The van der Waals surface area contributed by atoms with Gasteiger partial charge in [0.2, 0.25) is 10.0 Å². The van der Waals surface area contributed by atoms with Gasteiger partial charge >= 0.3 is 0 Å². The maximum absolute atomic E-state index is 13.0. The van der Waals surface area contributed by atoms with Crippen molar-refractivity contribution >= 4 is 27.2 Å². The van der Waals surface area contributed by atoms with Crippen LogP contribution in [0.1, 0.15) is 24.8 Å². The van der Waals surface area contributed by atoms with Crippen molar-refractivity contribution < 1.29 is 13.2 Å². The third-order valence-corrected chi connectivity index (χ3v) is 6.37. The summed E-state index contributed by atoms with van der Waals surface area (Å²) in [6, 6.07) is 6.60. The fourth-order valence-corrected chi connectivity index (χ4v) is 5.32. The van der Waals surface area contributed by atoms with Gasteiger partial charge in [-0.2, -0.15) is 4.31 Å². The van der Waals surface area contributed by atoms with Crippen molar-refractivity contribution in [2.75, 3.05) is 13.2 Å². The molecular formula is C14H18N2O3S2. The van der Waals surface area contributed by atoms with E-state index in [9.17, 15) is 8.42 Å². The molecule has 0 amide bonds. The predicted octanol–water partition coefficient (Wildman–Crippen LogP) is 1.26. The summed E-state index contributed by atoms with van der Waals surface area (Å²) in [6.07, 6.45) is 2.79. The number of ether oxygens (including phenoxy) is 1. The molecule has 7 heteroatoms. The summed E-state index contributed by atoms with van der Waals surface area (Å²) < 4.78 is 33.3. The van der Waals surface area contributed by atoms with Crippen LogP contribution in [0.2, 0.25) is 0 Å². The van der Waals surface area contributed by atoms with Crippen LogP contribution in [-0.2, 0) is 14.8 Å². The van der Waals surface area contributed by atoms with Crippen LogP contribution in [-0.4, -0.2) is 43.0 Å². The Morgan fingerprint density at radius 3 is 2.86 bits per heavy atom. The van der Waals surface area contributed by atoms with E-state index in [1.165, 1.54) is 0 Å². The molecule has 1 aliphatic carbocycles. The molecular weight excluding hydrogens is 308 g/mol. The number of hydrogen-bond donors (Lipinski definition) is 1. The van der Waals surface area contributed by atoms with Crippen LogP contribution in [0.25, 0.3) is 0 Å². The highest BCUT2D eigenvalue weighted by atomic mass is 32.2. The molecule has 1 aromatic rings. The SMILES string of the molecule is NC(=S)c1ccccc1S(=O)(=O)N1CCOC2CCCC21. The van der Waals surface area contributed by atoms with Crippen molar-refractivity contribution in [2.45, 2.75) is 36.3 Å². The molecule has 1 aliphatic heterocycles. The first-order valence-corrected chi connectivity index (χ1v) is 8.89. The van der Waals surface area contributed by atoms with Gasteiger partial charge in [-0.25, -0.2) is 8.42 Å². The third-order valence-electron chi connectivity index (χ3n) is 4.17. The number of fused-ring (bicyclic) bond motifs is 1. The Labute approximate surface area is 130 Å². The molecule has 0 radical (unpaired) electrons. The molecule has 21 heavy (non-hydrogen) atoms. The normalized spacial score (nSPS) is 26.5. The second-order valence-corrected chi connectivity index (χ2v) is 7.68. The van der Waals surface area contributed by atoms with E-state index in [2.05, 4.69) is 0 Å². The van der Waals surface area contributed by atoms with Gasteiger partial charge in [0, 0.05) is 12.1 Å². The summed E-state index contributed by atoms with van der Waals surface area (Å²) in [7, 11) is -3.61. The molecule has 0 bridgehead atoms. The molecule has 2 N–H and O–H groups in total. The Balaban J connectivity index is 2.02. The Kier molecular flexibility index (Phi) is 4.00. The number of sulfonamides is 1. The molecule has 1 heterocycles. The zero-order chi connectivity index (χ0) is 15.0. The molecule has 1 saturated carbocycles. The molecule has 2 unspecified atom stereocenters. The van der Waals surface area contributed by atoms with Gasteiger partial charge in [0.05, 0.1) is 23.6 Å². The Morgan fingerprint density at radius 2 is 2.10 bits per heavy atom. The summed E-state index contributed by atoms with van der Waals surface area (Å²) in [5.41, 5.74) is 6.08. The zero-order valence-electron chi connectivity index (χ0n) is 11.6. The minimum atomic E-state index is -3.61. The molecule has 1 aromatic carbocycles. The smallest absolute Gasteiger partial charge is 0.244 e. The van der Waals surface area contributed by atoms with Gasteiger partial charge in [-0.05, 0) is 25.3 Å². The summed E-state index contributed by atoms with van der Waals surface area (Å²) >= 11 is 4.98. The van der Waals surface area contributed by atoms with Crippen LogP contribution in [0.4, 0.5) is 0 Å². The summed E-state index contributed by atoms with van der Waals surface area (Å²) in [6.45, 7) is 0.824. The molecule has 0 spiro atoms. The summed E-state index contributed by atoms with van der Waals surface area (Å²) in [5.74, 6) is 0. The lowest BCUT2D eigenvalue weighted by molar-refractivity contribution is -0.0241. The molecule has 2 aliphatic rings. The van der Waals surface area contributed by atoms with Gasteiger partial charge in [0.1, 0.15) is 4.99 Å². The van der Waals surface area contributed by atoms with E-state index in [-0.39, 0.29) is 22.0 Å². The first kappa shape index (κ1) is 14.9. The topological polar surface area (TPSA) is 72.6 Å². The van der Waals surface area contributed by atoms with Gasteiger partial charge in [-0.15, -0.1) is 0 Å². The van der Waals surface area contributed by atoms with Gasteiger partial charge in [0.25, 0.3) is 0 Å². The Hall–Kier alpha value is -1.02. The highest BCUT2D eigenvalue weighted by molar-refractivity contribution is 7.89. The fraction of sp³-hybridized carbons (Fsp3) is 0.500. The molecule has 0 aromatic heterocycles. The minimum Gasteiger partial charge on any atom is -0.389 e.